The highest BCUT2D eigenvalue weighted by molar-refractivity contribution is 7.99. The lowest BCUT2D eigenvalue weighted by atomic mass is 10.4. The Morgan fingerprint density at radius 1 is 1.48 bits per heavy atom. The maximum absolute atomic E-state index is 10.8. The van der Waals surface area contributed by atoms with Crippen LogP contribution in [0, 0.1) is 6.92 Å². The van der Waals surface area contributed by atoms with Crippen LogP contribution in [0.2, 0.25) is 0 Å². The molecule has 0 saturated carbocycles. The van der Waals surface area contributed by atoms with Gasteiger partial charge in [-0.1, -0.05) is 11.8 Å². The highest BCUT2D eigenvalue weighted by atomic mass is 32.2. The smallest absolute Gasteiger partial charge is 0.313 e. The predicted octanol–water partition coefficient (Wildman–Crippen LogP) is 2.42. The molecule has 0 unspecified atom stereocenters. The van der Waals surface area contributed by atoms with Crippen molar-refractivity contribution in [2.24, 2.45) is 0 Å². The van der Waals surface area contributed by atoms with Crippen LogP contribution in [-0.2, 0) is 11.3 Å². The summed E-state index contributed by atoms with van der Waals surface area (Å²) in [5.41, 5.74) is 2.69. The van der Waals surface area contributed by atoms with Gasteiger partial charge in [-0.25, -0.2) is 9.97 Å². The average Bonchev–Trinajstić information content (AvgIpc) is 3.01. The first-order chi connectivity index (χ1) is 10.1. The number of thioether (sulfide) groups is 1. The number of rotatable bonds is 5. The molecule has 0 bridgehead atoms. The van der Waals surface area contributed by atoms with Gasteiger partial charge in [-0.15, -0.1) is 11.3 Å². The first-order valence-corrected chi connectivity index (χ1v) is 8.06. The van der Waals surface area contributed by atoms with Crippen LogP contribution in [0.15, 0.2) is 29.0 Å². The number of aryl methyl sites for hydroxylation is 1. The number of nitrogens with zero attached hydrogens (tertiary/aromatic N) is 4. The maximum Gasteiger partial charge on any atom is 0.313 e. The summed E-state index contributed by atoms with van der Waals surface area (Å²) in [5, 5.41) is 12.5. The van der Waals surface area contributed by atoms with E-state index < -0.39 is 5.97 Å². The number of carboxylic acid groups (broad SMARTS) is 1. The van der Waals surface area contributed by atoms with Gasteiger partial charge in [-0.2, -0.15) is 0 Å². The summed E-state index contributed by atoms with van der Waals surface area (Å²) in [5.74, 6) is -0.880. The molecular formula is C13H12N4O2S2. The zero-order valence-electron chi connectivity index (χ0n) is 11.2. The Kier molecular flexibility index (Phi) is 3.89. The number of aromatic nitrogens is 4. The van der Waals surface area contributed by atoms with Gasteiger partial charge in [0.15, 0.2) is 5.16 Å². The first kappa shape index (κ1) is 14.0. The van der Waals surface area contributed by atoms with Crippen molar-refractivity contribution < 1.29 is 9.90 Å². The predicted molar refractivity (Wildman–Crippen MR) is 81.8 cm³/mol. The van der Waals surface area contributed by atoms with E-state index in [0.717, 1.165) is 21.7 Å². The van der Waals surface area contributed by atoms with E-state index >= 15 is 0 Å². The third kappa shape index (κ3) is 3.06. The fraction of sp³-hybridized carbons (Fsp3) is 0.231. The standard InChI is InChI=1S/C13H12N4O2S2/c1-8-6-20-11(15-8)5-17-10-2-3-14-4-9(10)16-13(17)21-7-12(18)19/h2-4,6H,5,7H2,1H3,(H,18,19). The number of thiazole rings is 1. The lowest BCUT2D eigenvalue weighted by Crippen LogP contribution is -2.04. The minimum atomic E-state index is -0.859. The van der Waals surface area contributed by atoms with Gasteiger partial charge < -0.3 is 9.67 Å². The summed E-state index contributed by atoms with van der Waals surface area (Å²) in [7, 11) is 0. The maximum atomic E-state index is 10.8. The number of pyridine rings is 1. The summed E-state index contributed by atoms with van der Waals surface area (Å²) in [6.45, 7) is 2.54. The molecule has 0 saturated heterocycles. The van der Waals surface area contributed by atoms with E-state index in [0.29, 0.717) is 11.7 Å². The van der Waals surface area contributed by atoms with Crippen LogP contribution in [0.5, 0.6) is 0 Å². The van der Waals surface area contributed by atoms with Gasteiger partial charge in [0, 0.05) is 17.3 Å². The van der Waals surface area contributed by atoms with E-state index in [1.165, 1.54) is 11.8 Å². The Morgan fingerprint density at radius 3 is 3.05 bits per heavy atom. The van der Waals surface area contributed by atoms with Crippen molar-refractivity contribution in [1.29, 1.82) is 0 Å². The van der Waals surface area contributed by atoms with Crippen LogP contribution in [-0.4, -0.2) is 36.3 Å². The van der Waals surface area contributed by atoms with E-state index in [2.05, 4.69) is 15.0 Å². The van der Waals surface area contributed by atoms with Gasteiger partial charge in [0.05, 0.1) is 24.0 Å². The number of hydrogen-bond acceptors (Lipinski definition) is 6. The Balaban J connectivity index is 2.00. The topological polar surface area (TPSA) is 80.9 Å². The Bertz CT molecular complexity index is 796. The third-order valence-electron chi connectivity index (χ3n) is 2.80. The summed E-state index contributed by atoms with van der Waals surface area (Å²) in [6.07, 6.45) is 3.39. The zero-order chi connectivity index (χ0) is 14.8. The lowest BCUT2D eigenvalue weighted by Gasteiger charge is -2.05. The molecule has 0 aromatic carbocycles. The van der Waals surface area contributed by atoms with Crippen LogP contribution in [0.3, 0.4) is 0 Å². The summed E-state index contributed by atoms with van der Waals surface area (Å²) < 4.78 is 1.99. The number of imidazole rings is 1. The molecule has 1 N–H and O–H groups in total. The Labute approximate surface area is 128 Å². The first-order valence-electron chi connectivity index (χ1n) is 6.19. The molecule has 0 fully saturated rings. The van der Waals surface area contributed by atoms with E-state index in [-0.39, 0.29) is 5.75 Å². The van der Waals surface area contributed by atoms with Crippen molar-refractivity contribution in [3.05, 3.63) is 34.5 Å². The van der Waals surface area contributed by atoms with Crippen LogP contribution in [0.25, 0.3) is 11.0 Å². The molecule has 3 heterocycles. The minimum Gasteiger partial charge on any atom is -0.481 e. The minimum absolute atomic E-state index is 0.0202. The SMILES string of the molecule is Cc1csc(Cn2c(SCC(=O)O)nc3cnccc32)n1. The van der Waals surface area contributed by atoms with Crippen molar-refractivity contribution in [2.75, 3.05) is 5.75 Å². The molecule has 0 atom stereocenters. The summed E-state index contributed by atoms with van der Waals surface area (Å²) >= 11 is 2.80. The second-order valence-electron chi connectivity index (χ2n) is 4.41. The van der Waals surface area contributed by atoms with Gasteiger partial charge in [0.25, 0.3) is 0 Å². The van der Waals surface area contributed by atoms with E-state index in [1.807, 2.05) is 22.9 Å². The highest BCUT2D eigenvalue weighted by Crippen LogP contribution is 2.25. The van der Waals surface area contributed by atoms with E-state index in [9.17, 15) is 4.79 Å². The molecular weight excluding hydrogens is 308 g/mol. The zero-order valence-corrected chi connectivity index (χ0v) is 12.8. The number of aliphatic carboxylic acids is 1. The van der Waals surface area contributed by atoms with Crippen LogP contribution in [0.1, 0.15) is 10.7 Å². The molecule has 0 aliphatic rings. The summed E-state index contributed by atoms with van der Waals surface area (Å²) in [6, 6.07) is 1.88. The molecule has 3 aromatic heterocycles. The molecule has 21 heavy (non-hydrogen) atoms. The van der Waals surface area contributed by atoms with E-state index in [4.69, 9.17) is 5.11 Å². The average molecular weight is 320 g/mol. The molecule has 0 spiro atoms. The van der Waals surface area contributed by atoms with Gasteiger partial charge in [-0.3, -0.25) is 9.78 Å². The third-order valence-corrected chi connectivity index (χ3v) is 4.71. The van der Waals surface area contributed by atoms with Gasteiger partial charge >= 0.3 is 5.97 Å². The van der Waals surface area contributed by atoms with Gasteiger partial charge in [-0.05, 0) is 13.0 Å². The highest BCUT2D eigenvalue weighted by Gasteiger charge is 2.14. The molecule has 3 rings (SSSR count). The van der Waals surface area contributed by atoms with Crippen molar-refractivity contribution in [2.45, 2.75) is 18.6 Å². The largest absolute Gasteiger partial charge is 0.481 e. The van der Waals surface area contributed by atoms with Crippen molar-refractivity contribution in [3.63, 3.8) is 0 Å². The van der Waals surface area contributed by atoms with Crippen molar-refractivity contribution in [3.8, 4) is 0 Å². The quantitative estimate of drug-likeness (QED) is 0.727. The fourth-order valence-corrected chi connectivity index (χ4v) is 3.45. The van der Waals surface area contributed by atoms with Crippen molar-refractivity contribution >= 4 is 40.1 Å². The Morgan fingerprint density at radius 2 is 2.33 bits per heavy atom. The molecule has 0 radical (unpaired) electrons. The second-order valence-corrected chi connectivity index (χ2v) is 6.30. The molecule has 108 valence electrons. The number of hydrogen-bond donors (Lipinski definition) is 1. The molecule has 8 heteroatoms. The molecule has 0 aliphatic carbocycles. The van der Waals surface area contributed by atoms with E-state index in [1.54, 1.807) is 23.7 Å². The van der Waals surface area contributed by atoms with Crippen LogP contribution >= 0.6 is 23.1 Å². The van der Waals surface area contributed by atoms with Crippen LogP contribution < -0.4 is 0 Å². The second kappa shape index (κ2) is 5.82. The number of carboxylic acids is 1. The fourth-order valence-electron chi connectivity index (χ4n) is 1.96. The monoisotopic (exact) mass is 320 g/mol. The molecule has 0 amide bonds. The van der Waals surface area contributed by atoms with Crippen LogP contribution in [0.4, 0.5) is 0 Å². The number of fused-ring (bicyclic) bond motifs is 1. The Hall–Kier alpha value is -1.93. The van der Waals surface area contributed by atoms with Crippen molar-refractivity contribution in [1.82, 2.24) is 19.5 Å². The molecule has 0 aliphatic heterocycles. The van der Waals surface area contributed by atoms with Gasteiger partial charge in [0.2, 0.25) is 0 Å². The van der Waals surface area contributed by atoms with Gasteiger partial charge in [0.1, 0.15) is 10.5 Å². The molecule has 6 nitrogen and oxygen atoms in total. The normalized spacial score (nSPS) is 11.1. The number of carbonyl (C=O) groups is 1. The summed E-state index contributed by atoms with van der Waals surface area (Å²) in [4.78, 5) is 23.8. The molecule has 3 aromatic rings. The lowest BCUT2D eigenvalue weighted by molar-refractivity contribution is -0.133.